The highest BCUT2D eigenvalue weighted by molar-refractivity contribution is 5.92. The minimum absolute atomic E-state index is 0.175. The molecule has 4 nitrogen and oxygen atoms in total. The zero-order valence-corrected chi connectivity index (χ0v) is 7.71. The lowest BCUT2D eigenvalue weighted by atomic mass is 10.2. The van der Waals surface area contributed by atoms with Crippen molar-refractivity contribution in [2.45, 2.75) is 19.8 Å². The molecule has 72 valence electrons. The van der Waals surface area contributed by atoms with E-state index in [1.165, 1.54) is 0 Å². The lowest BCUT2D eigenvalue weighted by Crippen LogP contribution is -2.31. The van der Waals surface area contributed by atoms with Gasteiger partial charge in [-0.3, -0.25) is 4.79 Å². The summed E-state index contributed by atoms with van der Waals surface area (Å²) in [5.41, 5.74) is 0.945. The molecule has 4 heteroatoms. The number of carbonyl (C=O) groups is 2. The molecule has 0 aromatic heterocycles. The molecular formula is C9H13NO3. The van der Waals surface area contributed by atoms with Crippen LogP contribution in [0.25, 0.3) is 0 Å². The minimum atomic E-state index is -0.522. The average Bonchev–Trinajstić information content (AvgIpc) is 2.47. The molecule has 1 rings (SSSR count). The number of imide groups is 1. The third-order valence-corrected chi connectivity index (χ3v) is 1.83. The maximum Gasteiger partial charge on any atom is 0.416 e. The normalized spacial score (nSPS) is 15.8. The van der Waals surface area contributed by atoms with Crippen LogP contribution in [0, 0.1) is 0 Å². The van der Waals surface area contributed by atoms with E-state index in [1.54, 1.807) is 0 Å². The Bertz CT molecular complexity index is 247. The molecule has 0 spiro atoms. The molecule has 1 heterocycles. The van der Waals surface area contributed by atoms with Gasteiger partial charge in [0.2, 0.25) is 5.91 Å². The van der Waals surface area contributed by atoms with Gasteiger partial charge in [-0.05, 0) is 13.3 Å². The number of rotatable bonds is 3. The fraction of sp³-hybridized carbons (Fsp3) is 0.556. The first-order chi connectivity index (χ1) is 6.11. The number of hydrogen-bond donors (Lipinski definition) is 0. The van der Waals surface area contributed by atoms with Crippen LogP contribution in [0.1, 0.15) is 19.8 Å². The fourth-order valence-electron chi connectivity index (χ4n) is 1.08. The van der Waals surface area contributed by atoms with Crippen LogP contribution < -0.4 is 0 Å². The van der Waals surface area contributed by atoms with Gasteiger partial charge in [0.15, 0.2) is 0 Å². The Kier molecular flexibility index (Phi) is 3.06. The molecule has 1 saturated heterocycles. The van der Waals surface area contributed by atoms with Gasteiger partial charge in [-0.25, -0.2) is 9.69 Å². The first-order valence-corrected chi connectivity index (χ1v) is 4.23. The highest BCUT2D eigenvalue weighted by Gasteiger charge is 2.27. The van der Waals surface area contributed by atoms with Gasteiger partial charge in [-0.15, -0.1) is 6.58 Å². The third kappa shape index (κ3) is 2.57. The van der Waals surface area contributed by atoms with Crippen LogP contribution in [0.4, 0.5) is 4.79 Å². The summed E-state index contributed by atoms with van der Waals surface area (Å²) in [6, 6.07) is 0. The molecule has 1 aliphatic rings. The molecule has 0 aromatic carbocycles. The molecule has 0 aliphatic carbocycles. The van der Waals surface area contributed by atoms with Gasteiger partial charge < -0.3 is 4.74 Å². The number of ether oxygens (including phenoxy) is 1. The van der Waals surface area contributed by atoms with Crippen molar-refractivity contribution in [3.63, 3.8) is 0 Å². The standard InChI is InChI=1S/C9H13NO3/c1-7(2)3-4-8(11)10-5-6-13-9(10)12/h1,3-6H2,2H3. The summed E-state index contributed by atoms with van der Waals surface area (Å²) in [6.07, 6.45) is 0.444. The highest BCUT2D eigenvalue weighted by Crippen LogP contribution is 2.09. The Morgan fingerprint density at radius 2 is 2.31 bits per heavy atom. The lowest BCUT2D eigenvalue weighted by molar-refractivity contribution is -0.127. The summed E-state index contributed by atoms with van der Waals surface area (Å²) in [7, 11) is 0. The minimum Gasteiger partial charge on any atom is -0.447 e. The van der Waals surface area contributed by atoms with E-state index >= 15 is 0 Å². The van der Waals surface area contributed by atoms with Gasteiger partial charge in [0.25, 0.3) is 0 Å². The van der Waals surface area contributed by atoms with Crippen molar-refractivity contribution >= 4 is 12.0 Å². The Labute approximate surface area is 77.2 Å². The predicted molar refractivity (Wildman–Crippen MR) is 47.1 cm³/mol. The zero-order chi connectivity index (χ0) is 9.84. The zero-order valence-electron chi connectivity index (χ0n) is 7.71. The Morgan fingerprint density at radius 3 is 2.77 bits per heavy atom. The lowest BCUT2D eigenvalue weighted by Gasteiger charge is -2.09. The molecule has 0 unspecified atom stereocenters. The molecule has 0 saturated carbocycles. The number of hydrogen-bond acceptors (Lipinski definition) is 3. The summed E-state index contributed by atoms with van der Waals surface area (Å²) in [4.78, 5) is 23.4. The predicted octanol–water partition coefficient (Wildman–Crippen LogP) is 1.32. The van der Waals surface area contributed by atoms with Crippen LogP contribution in [-0.4, -0.2) is 30.1 Å². The number of carbonyl (C=O) groups excluding carboxylic acids is 2. The summed E-state index contributed by atoms with van der Waals surface area (Å²) in [5, 5.41) is 0. The SMILES string of the molecule is C=C(C)CCC(=O)N1CCOC1=O. The summed E-state index contributed by atoms with van der Waals surface area (Å²) in [6.45, 7) is 6.24. The van der Waals surface area contributed by atoms with Crippen molar-refractivity contribution in [3.8, 4) is 0 Å². The van der Waals surface area contributed by atoms with Crippen LogP contribution in [0.2, 0.25) is 0 Å². The molecule has 0 N–H and O–H groups in total. The van der Waals surface area contributed by atoms with Crippen LogP contribution in [0.15, 0.2) is 12.2 Å². The quantitative estimate of drug-likeness (QED) is 0.620. The second-order valence-corrected chi connectivity index (χ2v) is 3.12. The second kappa shape index (κ2) is 4.07. The van der Waals surface area contributed by atoms with Gasteiger partial charge in [0.1, 0.15) is 6.61 Å². The van der Waals surface area contributed by atoms with Crippen LogP contribution >= 0.6 is 0 Å². The fourth-order valence-corrected chi connectivity index (χ4v) is 1.08. The molecule has 0 aromatic rings. The Morgan fingerprint density at radius 1 is 1.62 bits per heavy atom. The average molecular weight is 183 g/mol. The third-order valence-electron chi connectivity index (χ3n) is 1.83. The van der Waals surface area contributed by atoms with E-state index in [0.29, 0.717) is 26.0 Å². The topological polar surface area (TPSA) is 46.6 Å². The van der Waals surface area contributed by atoms with Crippen LogP contribution in [0.5, 0.6) is 0 Å². The van der Waals surface area contributed by atoms with E-state index in [2.05, 4.69) is 11.3 Å². The van der Waals surface area contributed by atoms with Crippen molar-refractivity contribution in [1.82, 2.24) is 4.90 Å². The van der Waals surface area contributed by atoms with Gasteiger partial charge in [-0.1, -0.05) is 5.57 Å². The van der Waals surface area contributed by atoms with Gasteiger partial charge in [-0.2, -0.15) is 0 Å². The van der Waals surface area contributed by atoms with E-state index in [0.717, 1.165) is 10.5 Å². The number of amides is 2. The maximum absolute atomic E-state index is 11.3. The second-order valence-electron chi connectivity index (χ2n) is 3.12. The monoisotopic (exact) mass is 183 g/mol. The molecule has 0 atom stereocenters. The largest absolute Gasteiger partial charge is 0.447 e. The van der Waals surface area contributed by atoms with Crippen molar-refractivity contribution < 1.29 is 14.3 Å². The van der Waals surface area contributed by atoms with Gasteiger partial charge in [0, 0.05) is 6.42 Å². The Hall–Kier alpha value is -1.32. The smallest absolute Gasteiger partial charge is 0.416 e. The highest BCUT2D eigenvalue weighted by atomic mass is 16.6. The van der Waals surface area contributed by atoms with Crippen molar-refractivity contribution in [3.05, 3.63) is 12.2 Å². The summed E-state index contributed by atoms with van der Waals surface area (Å²) in [5.74, 6) is -0.175. The van der Waals surface area contributed by atoms with E-state index in [-0.39, 0.29) is 5.91 Å². The molecular weight excluding hydrogens is 170 g/mol. The molecule has 2 amide bonds. The molecule has 0 radical (unpaired) electrons. The molecule has 1 aliphatic heterocycles. The first kappa shape index (κ1) is 9.77. The molecule has 13 heavy (non-hydrogen) atoms. The maximum atomic E-state index is 11.3. The Balaban J connectivity index is 2.39. The number of nitrogens with zero attached hydrogens (tertiary/aromatic N) is 1. The van der Waals surface area contributed by atoms with E-state index in [4.69, 9.17) is 0 Å². The van der Waals surface area contributed by atoms with Gasteiger partial charge in [0.05, 0.1) is 6.54 Å². The van der Waals surface area contributed by atoms with Crippen molar-refractivity contribution in [2.24, 2.45) is 0 Å². The number of cyclic esters (lactones) is 1. The summed E-state index contributed by atoms with van der Waals surface area (Å²) >= 11 is 0. The first-order valence-electron chi connectivity index (χ1n) is 4.23. The molecule has 1 fully saturated rings. The van der Waals surface area contributed by atoms with E-state index in [9.17, 15) is 9.59 Å². The number of allylic oxidation sites excluding steroid dienone is 1. The van der Waals surface area contributed by atoms with Crippen LogP contribution in [-0.2, 0) is 9.53 Å². The van der Waals surface area contributed by atoms with Crippen LogP contribution in [0.3, 0.4) is 0 Å². The molecule has 0 bridgehead atoms. The van der Waals surface area contributed by atoms with E-state index < -0.39 is 6.09 Å². The van der Waals surface area contributed by atoms with Crippen molar-refractivity contribution in [2.75, 3.05) is 13.2 Å². The summed E-state index contributed by atoms with van der Waals surface area (Å²) < 4.78 is 4.64. The van der Waals surface area contributed by atoms with Gasteiger partial charge >= 0.3 is 6.09 Å². The van der Waals surface area contributed by atoms with Crippen molar-refractivity contribution in [1.29, 1.82) is 0 Å². The van der Waals surface area contributed by atoms with E-state index in [1.807, 2.05) is 6.92 Å².